The van der Waals surface area contributed by atoms with Gasteiger partial charge in [-0.2, -0.15) is 0 Å². The van der Waals surface area contributed by atoms with Crippen LogP contribution < -0.4 is 10.6 Å². The Bertz CT molecular complexity index is 315. The Morgan fingerprint density at radius 1 is 1.79 bits per heavy atom. The van der Waals surface area contributed by atoms with Gasteiger partial charge in [0.1, 0.15) is 5.15 Å². The predicted octanol–water partition coefficient (Wildman–Crippen LogP) is 1.97. The highest BCUT2D eigenvalue weighted by Gasteiger charge is 2.29. The summed E-state index contributed by atoms with van der Waals surface area (Å²) in [4.78, 5) is 6.58. The predicted molar refractivity (Wildman–Crippen MR) is 61.1 cm³/mol. The second kappa shape index (κ2) is 4.04. The lowest BCUT2D eigenvalue weighted by molar-refractivity contribution is 0.579. The van der Waals surface area contributed by atoms with Gasteiger partial charge in [-0.25, -0.2) is 4.98 Å². The van der Waals surface area contributed by atoms with Crippen LogP contribution in [0.4, 0.5) is 5.13 Å². The van der Waals surface area contributed by atoms with E-state index in [1.807, 2.05) is 5.38 Å². The van der Waals surface area contributed by atoms with Crippen LogP contribution in [0.1, 0.15) is 13.3 Å². The Labute approximate surface area is 92.9 Å². The average molecular weight is 232 g/mol. The van der Waals surface area contributed by atoms with Gasteiger partial charge in [-0.1, -0.05) is 11.6 Å². The van der Waals surface area contributed by atoms with Crippen LogP contribution in [0.3, 0.4) is 0 Å². The second-order valence-electron chi connectivity index (χ2n) is 3.79. The van der Waals surface area contributed by atoms with Crippen molar-refractivity contribution < 1.29 is 0 Å². The van der Waals surface area contributed by atoms with Crippen LogP contribution in [-0.2, 0) is 0 Å². The van der Waals surface area contributed by atoms with Crippen molar-refractivity contribution >= 4 is 28.1 Å². The maximum absolute atomic E-state index is 5.80. The highest BCUT2D eigenvalue weighted by Crippen LogP contribution is 2.31. The SMILES string of the molecule is CC1CC(CN)CN1c1nc(Cl)cs1. The second-order valence-corrected chi connectivity index (χ2v) is 5.02. The van der Waals surface area contributed by atoms with Crippen LogP contribution in [0.15, 0.2) is 5.38 Å². The summed E-state index contributed by atoms with van der Waals surface area (Å²) in [7, 11) is 0. The molecule has 14 heavy (non-hydrogen) atoms. The van der Waals surface area contributed by atoms with E-state index in [1.54, 1.807) is 11.3 Å². The number of nitrogens with zero attached hydrogens (tertiary/aromatic N) is 2. The van der Waals surface area contributed by atoms with E-state index in [4.69, 9.17) is 17.3 Å². The first-order chi connectivity index (χ1) is 6.70. The van der Waals surface area contributed by atoms with Crippen molar-refractivity contribution in [1.82, 2.24) is 4.98 Å². The number of rotatable bonds is 2. The molecule has 2 N–H and O–H groups in total. The van der Waals surface area contributed by atoms with Gasteiger partial charge in [-0.05, 0) is 25.8 Å². The summed E-state index contributed by atoms with van der Waals surface area (Å²) in [6.45, 7) is 3.99. The van der Waals surface area contributed by atoms with Crippen molar-refractivity contribution in [3.05, 3.63) is 10.5 Å². The summed E-state index contributed by atoms with van der Waals surface area (Å²) >= 11 is 7.41. The molecule has 0 radical (unpaired) electrons. The topological polar surface area (TPSA) is 42.1 Å². The molecule has 1 saturated heterocycles. The highest BCUT2D eigenvalue weighted by atomic mass is 35.5. The molecule has 0 saturated carbocycles. The number of thiazole rings is 1. The van der Waals surface area contributed by atoms with Crippen molar-refractivity contribution in [2.45, 2.75) is 19.4 Å². The van der Waals surface area contributed by atoms with Gasteiger partial charge < -0.3 is 10.6 Å². The van der Waals surface area contributed by atoms with Crippen molar-refractivity contribution in [2.75, 3.05) is 18.0 Å². The van der Waals surface area contributed by atoms with Crippen LogP contribution in [0.2, 0.25) is 5.15 Å². The Morgan fingerprint density at radius 3 is 3.07 bits per heavy atom. The molecule has 0 bridgehead atoms. The van der Waals surface area contributed by atoms with E-state index in [0.717, 1.165) is 24.6 Å². The number of halogens is 1. The summed E-state index contributed by atoms with van der Waals surface area (Å²) in [6, 6.07) is 0.533. The van der Waals surface area contributed by atoms with Crippen LogP contribution in [0.5, 0.6) is 0 Å². The third-order valence-electron chi connectivity index (χ3n) is 2.70. The summed E-state index contributed by atoms with van der Waals surface area (Å²) in [5, 5.41) is 3.49. The molecule has 0 spiro atoms. The number of hydrogen-bond acceptors (Lipinski definition) is 4. The van der Waals surface area contributed by atoms with Crippen molar-refractivity contribution in [3.63, 3.8) is 0 Å². The first-order valence-electron chi connectivity index (χ1n) is 4.78. The standard InChI is InChI=1S/C9H14ClN3S/c1-6-2-7(3-11)4-13(6)9-12-8(10)5-14-9/h5-7H,2-4,11H2,1H3. The Kier molecular flexibility index (Phi) is 2.95. The van der Waals surface area contributed by atoms with Gasteiger partial charge in [0.2, 0.25) is 0 Å². The normalized spacial score (nSPS) is 27.2. The molecule has 2 unspecified atom stereocenters. The van der Waals surface area contributed by atoms with Gasteiger partial charge >= 0.3 is 0 Å². The molecule has 2 atom stereocenters. The molecule has 3 nitrogen and oxygen atoms in total. The average Bonchev–Trinajstić information content (AvgIpc) is 2.71. The van der Waals surface area contributed by atoms with Crippen LogP contribution in [-0.4, -0.2) is 24.1 Å². The van der Waals surface area contributed by atoms with Gasteiger partial charge in [-0.3, -0.25) is 0 Å². The van der Waals surface area contributed by atoms with Gasteiger partial charge in [0.05, 0.1) is 0 Å². The van der Waals surface area contributed by atoms with E-state index in [2.05, 4.69) is 16.8 Å². The highest BCUT2D eigenvalue weighted by molar-refractivity contribution is 7.14. The first kappa shape index (κ1) is 10.2. The van der Waals surface area contributed by atoms with E-state index in [0.29, 0.717) is 17.1 Å². The molecule has 1 fully saturated rings. The lowest BCUT2D eigenvalue weighted by Crippen LogP contribution is -2.27. The quantitative estimate of drug-likeness (QED) is 0.846. The van der Waals surface area contributed by atoms with E-state index >= 15 is 0 Å². The molecule has 1 aliphatic heterocycles. The monoisotopic (exact) mass is 231 g/mol. The minimum absolute atomic E-state index is 0.533. The van der Waals surface area contributed by atoms with E-state index in [-0.39, 0.29) is 0 Å². The Balaban J connectivity index is 2.12. The first-order valence-corrected chi connectivity index (χ1v) is 6.04. The summed E-state index contributed by atoms with van der Waals surface area (Å²) in [6.07, 6.45) is 1.16. The minimum atomic E-state index is 0.533. The summed E-state index contributed by atoms with van der Waals surface area (Å²) in [5.74, 6) is 0.604. The Hall–Kier alpha value is -0.320. The fourth-order valence-corrected chi connectivity index (χ4v) is 3.02. The third kappa shape index (κ3) is 1.87. The number of nitrogens with two attached hydrogens (primary N) is 1. The molecule has 2 heterocycles. The van der Waals surface area contributed by atoms with Crippen molar-refractivity contribution in [3.8, 4) is 0 Å². The maximum Gasteiger partial charge on any atom is 0.186 e. The fraction of sp³-hybridized carbons (Fsp3) is 0.667. The lowest BCUT2D eigenvalue weighted by atomic mass is 10.1. The summed E-state index contributed by atoms with van der Waals surface area (Å²) < 4.78 is 0. The molecular formula is C9H14ClN3S. The zero-order valence-electron chi connectivity index (χ0n) is 8.11. The number of aromatic nitrogens is 1. The van der Waals surface area contributed by atoms with Crippen molar-refractivity contribution in [2.24, 2.45) is 11.7 Å². The Morgan fingerprint density at radius 2 is 2.57 bits per heavy atom. The van der Waals surface area contributed by atoms with E-state index in [9.17, 15) is 0 Å². The van der Waals surface area contributed by atoms with Gasteiger partial charge in [0, 0.05) is 18.0 Å². The van der Waals surface area contributed by atoms with Crippen LogP contribution in [0, 0.1) is 5.92 Å². The zero-order valence-corrected chi connectivity index (χ0v) is 9.68. The molecule has 0 aliphatic carbocycles. The molecule has 2 rings (SSSR count). The molecule has 0 aromatic carbocycles. The maximum atomic E-state index is 5.80. The molecule has 1 aromatic rings. The number of hydrogen-bond donors (Lipinski definition) is 1. The lowest BCUT2D eigenvalue weighted by Gasteiger charge is -2.19. The van der Waals surface area contributed by atoms with Gasteiger partial charge in [0.25, 0.3) is 0 Å². The summed E-state index contributed by atoms with van der Waals surface area (Å²) in [5.41, 5.74) is 5.67. The molecular weight excluding hydrogens is 218 g/mol. The van der Waals surface area contributed by atoms with Crippen LogP contribution >= 0.6 is 22.9 Å². The van der Waals surface area contributed by atoms with Gasteiger partial charge in [-0.15, -0.1) is 11.3 Å². The molecule has 5 heteroatoms. The molecule has 1 aliphatic rings. The van der Waals surface area contributed by atoms with E-state index in [1.165, 1.54) is 0 Å². The number of anilines is 1. The van der Waals surface area contributed by atoms with E-state index < -0.39 is 0 Å². The van der Waals surface area contributed by atoms with Crippen LogP contribution in [0.25, 0.3) is 0 Å². The largest absolute Gasteiger partial charge is 0.345 e. The third-order valence-corrected chi connectivity index (χ3v) is 3.91. The fourth-order valence-electron chi connectivity index (χ4n) is 1.96. The van der Waals surface area contributed by atoms with Crippen molar-refractivity contribution in [1.29, 1.82) is 0 Å². The smallest absolute Gasteiger partial charge is 0.186 e. The minimum Gasteiger partial charge on any atom is -0.345 e. The molecule has 1 aromatic heterocycles. The zero-order chi connectivity index (χ0) is 10.1. The molecule has 0 amide bonds. The molecule has 78 valence electrons. The van der Waals surface area contributed by atoms with Gasteiger partial charge in [0.15, 0.2) is 5.13 Å².